The van der Waals surface area contributed by atoms with E-state index in [4.69, 9.17) is 5.11 Å². The molecule has 0 saturated carbocycles. The summed E-state index contributed by atoms with van der Waals surface area (Å²) in [7, 11) is 0. The molecule has 2 aliphatic carbocycles. The third kappa shape index (κ3) is 4.23. The third-order valence-corrected chi connectivity index (χ3v) is 7.35. The lowest BCUT2D eigenvalue weighted by molar-refractivity contribution is -0.131. The molecule has 0 aliphatic heterocycles. The van der Waals surface area contributed by atoms with Crippen LogP contribution in [0.1, 0.15) is 94.2 Å². The molecular formula is C28H33NO2. The molecule has 0 fully saturated rings. The lowest BCUT2D eigenvalue weighted by atomic mass is 9.62. The average molecular weight is 416 g/mol. The van der Waals surface area contributed by atoms with Crippen LogP contribution >= 0.6 is 0 Å². The van der Waals surface area contributed by atoms with Crippen molar-refractivity contribution in [1.82, 2.24) is 4.98 Å². The van der Waals surface area contributed by atoms with Gasteiger partial charge in [-0.15, -0.1) is 0 Å². The predicted molar refractivity (Wildman–Crippen MR) is 127 cm³/mol. The molecule has 0 spiro atoms. The van der Waals surface area contributed by atoms with Gasteiger partial charge in [0.1, 0.15) is 0 Å². The van der Waals surface area contributed by atoms with Crippen LogP contribution in [0.15, 0.2) is 48.7 Å². The van der Waals surface area contributed by atoms with E-state index in [1.54, 1.807) is 13.1 Å². The van der Waals surface area contributed by atoms with Crippen molar-refractivity contribution in [3.05, 3.63) is 76.6 Å². The lowest BCUT2D eigenvalue weighted by Crippen LogP contribution is -2.33. The molecule has 0 amide bonds. The van der Waals surface area contributed by atoms with E-state index in [-0.39, 0.29) is 10.8 Å². The summed E-state index contributed by atoms with van der Waals surface area (Å²) < 4.78 is 0. The minimum atomic E-state index is -0.931. The number of nitrogens with zero attached hydrogens (tertiary/aromatic N) is 1. The molecule has 0 radical (unpaired) electrons. The highest BCUT2D eigenvalue weighted by Crippen LogP contribution is 2.47. The molecule has 162 valence electrons. The summed E-state index contributed by atoms with van der Waals surface area (Å²) in [6.45, 7) is 11.3. The molecule has 1 unspecified atom stereocenters. The summed E-state index contributed by atoms with van der Waals surface area (Å²) >= 11 is 0. The number of carboxylic acids is 1. The molecule has 4 rings (SSSR count). The van der Waals surface area contributed by atoms with E-state index < -0.39 is 5.97 Å². The van der Waals surface area contributed by atoms with Gasteiger partial charge in [0.25, 0.3) is 0 Å². The highest BCUT2D eigenvalue weighted by atomic mass is 16.4. The standard InChI is InChI=1S/C28H33NO2/c1-18(14-26(30)31)22-9-11-25(29-17-22)21-7-6-19(15-21)20-8-10-23-24(16-20)28(4,5)13-12-27(23,2)3/h7-11,14,16-17,19H,6,12-13,15H2,1-5H3,(H,30,31). The fraction of sp³-hybridized carbons (Fsp3) is 0.429. The van der Waals surface area contributed by atoms with Crippen molar-refractivity contribution in [1.29, 1.82) is 0 Å². The quantitative estimate of drug-likeness (QED) is 0.554. The topological polar surface area (TPSA) is 50.2 Å². The maximum Gasteiger partial charge on any atom is 0.328 e. The van der Waals surface area contributed by atoms with Crippen molar-refractivity contribution >= 4 is 17.1 Å². The van der Waals surface area contributed by atoms with E-state index in [0.717, 1.165) is 24.1 Å². The van der Waals surface area contributed by atoms with E-state index in [1.165, 1.54) is 41.2 Å². The number of fused-ring (bicyclic) bond motifs is 1. The maximum atomic E-state index is 10.9. The van der Waals surface area contributed by atoms with Crippen molar-refractivity contribution < 1.29 is 9.90 Å². The summed E-state index contributed by atoms with van der Waals surface area (Å²) in [4.78, 5) is 15.5. The van der Waals surface area contributed by atoms with E-state index in [1.807, 2.05) is 12.1 Å². The van der Waals surface area contributed by atoms with Gasteiger partial charge in [-0.1, -0.05) is 58.0 Å². The fourth-order valence-electron chi connectivity index (χ4n) is 5.13. The molecule has 3 heteroatoms. The van der Waals surface area contributed by atoms with Crippen LogP contribution in [-0.4, -0.2) is 16.1 Å². The number of pyridine rings is 1. The van der Waals surface area contributed by atoms with Gasteiger partial charge in [-0.25, -0.2) is 4.79 Å². The first-order valence-corrected chi connectivity index (χ1v) is 11.3. The van der Waals surface area contributed by atoms with E-state index >= 15 is 0 Å². The number of rotatable bonds is 4. The summed E-state index contributed by atoms with van der Waals surface area (Å²) in [5.41, 5.74) is 8.80. The highest BCUT2D eigenvalue weighted by Gasteiger charge is 2.37. The molecule has 2 aromatic rings. The summed E-state index contributed by atoms with van der Waals surface area (Å²) in [5.74, 6) is -0.434. The minimum absolute atomic E-state index is 0.231. The van der Waals surface area contributed by atoms with Crippen molar-refractivity contribution in [2.45, 2.75) is 77.0 Å². The molecule has 1 aromatic carbocycles. The lowest BCUT2D eigenvalue weighted by Gasteiger charge is -2.42. The number of hydrogen-bond acceptors (Lipinski definition) is 2. The number of aromatic nitrogens is 1. The van der Waals surface area contributed by atoms with Crippen LogP contribution in [0.2, 0.25) is 0 Å². The van der Waals surface area contributed by atoms with Gasteiger partial charge in [0, 0.05) is 12.3 Å². The van der Waals surface area contributed by atoms with Crippen LogP contribution < -0.4 is 0 Å². The summed E-state index contributed by atoms with van der Waals surface area (Å²) in [5, 5.41) is 8.94. The van der Waals surface area contributed by atoms with E-state index in [9.17, 15) is 4.79 Å². The Bertz CT molecular complexity index is 1070. The second kappa shape index (κ2) is 7.78. The third-order valence-electron chi connectivity index (χ3n) is 7.35. The number of benzene rings is 1. The second-order valence-corrected chi connectivity index (χ2v) is 10.5. The summed E-state index contributed by atoms with van der Waals surface area (Å²) in [6, 6.07) is 11.2. The zero-order valence-corrected chi connectivity index (χ0v) is 19.3. The van der Waals surface area contributed by atoms with Crippen molar-refractivity contribution in [2.24, 2.45) is 0 Å². The van der Waals surface area contributed by atoms with Crippen LogP contribution in [0.5, 0.6) is 0 Å². The monoisotopic (exact) mass is 415 g/mol. The van der Waals surface area contributed by atoms with Gasteiger partial charge in [-0.05, 0) is 88.8 Å². The number of hydrogen-bond donors (Lipinski definition) is 1. The number of carbonyl (C=O) groups is 1. The Balaban J connectivity index is 1.54. The Morgan fingerprint density at radius 3 is 2.42 bits per heavy atom. The van der Waals surface area contributed by atoms with Crippen LogP contribution in [-0.2, 0) is 15.6 Å². The van der Waals surface area contributed by atoms with Crippen molar-refractivity contribution in [3.8, 4) is 0 Å². The number of aliphatic carboxylic acids is 1. The second-order valence-electron chi connectivity index (χ2n) is 10.5. The maximum absolute atomic E-state index is 10.9. The first-order valence-electron chi connectivity index (χ1n) is 11.3. The molecule has 0 bridgehead atoms. The van der Waals surface area contributed by atoms with Crippen LogP contribution in [0, 0.1) is 0 Å². The number of carboxylic acid groups (broad SMARTS) is 1. The van der Waals surface area contributed by atoms with Gasteiger partial charge >= 0.3 is 5.97 Å². The highest BCUT2D eigenvalue weighted by molar-refractivity contribution is 5.89. The Morgan fingerprint density at radius 1 is 1.06 bits per heavy atom. The van der Waals surface area contributed by atoms with Crippen molar-refractivity contribution in [2.75, 3.05) is 0 Å². The molecule has 0 saturated heterocycles. The zero-order chi connectivity index (χ0) is 22.4. The molecule has 2 aliphatic rings. The van der Waals surface area contributed by atoms with Crippen LogP contribution in [0.4, 0.5) is 0 Å². The molecule has 1 atom stereocenters. The van der Waals surface area contributed by atoms with Crippen molar-refractivity contribution in [3.63, 3.8) is 0 Å². The molecule has 1 heterocycles. The van der Waals surface area contributed by atoms with Gasteiger partial charge in [0.15, 0.2) is 0 Å². The van der Waals surface area contributed by atoms with Gasteiger partial charge in [-0.2, -0.15) is 0 Å². The molecular weight excluding hydrogens is 382 g/mol. The Hall–Kier alpha value is -2.68. The smallest absolute Gasteiger partial charge is 0.328 e. The normalized spacial score (nSPS) is 22.0. The Labute approximate surface area is 185 Å². The van der Waals surface area contributed by atoms with Gasteiger partial charge in [0.05, 0.1) is 5.69 Å². The molecule has 3 nitrogen and oxygen atoms in total. The summed E-state index contributed by atoms with van der Waals surface area (Å²) in [6.07, 6.45) is 9.84. The zero-order valence-electron chi connectivity index (χ0n) is 19.3. The number of allylic oxidation sites excluding steroid dienone is 3. The minimum Gasteiger partial charge on any atom is -0.478 e. The molecule has 31 heavy (non-hydrogen) atoms. The molecule has 1 aromatic heterocycles. The van der Waals surface area contributed by atoms with E-state index in [2.05, 4.69) is 57.0 Å². The average Bonchev–Trinajstić information content (AvgIpc) is 3.21. The SMILES string of the molecule is CC(=CC(=O)O)c1ccc(C2=CCC(c3ccc4c(c3)C(C)(C)CCC4(C)C)C2)nc1. The van der Waals surface area contributed by atoms with Gasteiger partial charge in [-0.3, -0.25) is 4.98 Å². The Morgan fingerprint density at radius 2 is 1.77 bits per heavy atom. The largest absolute Gasteiger partial charge is 0.478 e. The van der Waals surface area contributed by atoms with Crippen LogP contribution in [0.3, 0.4) is 0 Å². The Kier molecular flexibility index (Phi) is 5.41. The first kappa shape index (κ1) is 21.5. The van der Waals surface area contributed by atoms with E-state index in [0.29, 0.717) is 11.5 Å². The van der Waals surface area contributed by atoms with Crippen LogP contribution in [0.25, 0.3) is 11.1 Å². The van der Waals surface area contributed by atoms with Gasteiger partial charge in [0.2, 0.25) is 0 Å². The predicted octanol–water partition coefficient (Wildman–Crippen LogP) is 6.88. The molecule has 1 N–H and O–H groups in total. The fourth-order valence-corrected chi connectivity index (χ4v) is 5.13. The first-order chi connectivity index (χ1) is 14.6. The van der Waals surface area contributed by atoms with Gasteiger partial charge < -0.3 is 5.11 Å².